The van der Waals surface area contributed by atoms with E-state index in [2.05, 4.69) is 29.4 Å². The van der Waals surface area contributed by atoms with Crippen LogP contribution in [0.2, 0.25) is 0 Å². The largest absolute Gasteiger partial charge is 0.355 e. The van der Waals surface area contributed by atoms with Crippen LogP contribution < -0.4 is 10.6 Å². The third kappa shape index (κ3) is 4.49. The first-order valence-corrected chi connectivity index (χ1v) is 6.49. The van der Waals surface area contributed by atoms with Crippen LogP contribution in [0.25, 0.3) is 0 Å². The summed E-state index contributed by atoms with van der Waals surface area (Å²) >= 11 is 0. The van der Waals surface area contributed by atoms with Gasteiger partial charge in [-0.1, -0.05) is 20.3 Å². The van der Waals surface area contributed by atoms with Crippen molar-refractivity contribution in [1.29, 1.82) is 0 Å². The van der Waals surface area contributed by atoms with Gasteiger partial charge < -0.3 is 10.6 Å². The molecule has 1 rings (SSSR count). The minimum atomic E-state index is 0.169. The van der Waals surface area contributed by atoms with Gasteiger partial charge in [0.05, 0.1) is 6.54 Å². The molecule has 4 heteroatoms. The van der Waals surface area contributed by atoms with Crippen molar-refractivity contribution in [1.82, 2.24) is 15.5 Å². The number of hydrogen-bond acceptors (Lipinski definition) is 3. The van der Waals surface area contributed by atoms with Crippen molar-refractivity contribution in [2.75, 3.05) is 32.7 Å². The van der Waals surface area contributed by atoms with Gasteiger partial charge in [-0.25, -0.2) is 0 Å². The summed E-state index contributed by atoms with van der Waals surface area (Å²) in [6.07, 6.45) is 3.36. The lowest BCUT2D eigenvalue weighted by Gasteiger charge is -2.26. The standard InChI is InChI=1S/C12H25N3O/c1-3-5-7-14-12(16)10-15(4-2)11-6-8-13-9-11/h11,13H,3-10H2,1-2H3,(H,14,16). The summed E-state index contributed by atoms with van der Waals surface area (Å²) in [6, 6.07) is 0.543. The van der Waals surface area contributed by atoms with Gasteiger partial charge in [0.2, 0.25) is 5.91 Å². The van der Waals surface area contributed by atoms with E-state index >= 15 is 0 Å². The van der Waals surface area contributed by atoms with Crippen LogP contribution in [-0.2, 0) is 4.79 Å². The zero-order chi connectivity index (χ0) is 11.8. The van der Waals surface area contributed by atoms with Gasteiger partial charge in [-0.15, -0.1) is 0 Å². The first-order valence-electron chi connectivity index (χ1n) is 6.49. The van der Waals surface area contributed by atoms with Gasteiger partial charge in [-0.2, -0.15) is 0 Å². The number of likely N-dealkylation sites (N-methyl/N-ethyl adjacent to an activating group) is 1. The van der Waals surface area contributed by atoms with E-state index in [0.717, 1.165) is 45.4 Å². The molecule has 16 heavy (non-hydrogen) atoms. The second-order valence-corrected chi connectivity index (χ2v) is 4.41. The lowest BCUT2D eigenvalue weighted by atomic mass is 10.2. The lowest BCUT2D eigenvalue weighted by Crippen LogP contribution is -2.43. The molecule has 2 N–H and O–H groups in total. The molecule has 1 unspecified atom stereocenters. The number of unbranched alkanes of at least 4 members (excludes halogenated alkanes) is 1. The molecule has 1 atom stereocenters. The maximum absolute atomic E-state index is 11.7. The number of nitrogens with one attached hydrogen (secondary N) is 2. The van der Waals surface area contributed by atoms with E-state index in [0.29, 0.717) is 12.6 Å². The Labute approximate surface area is 98.8 Å². The van der Waals surface area contributed by atoms with Gasteiger partial charge in [0.15, 0.2) is 0 Å². The summed E-state index contributed by atoms with van der Waals surface area (Å²) < 4.78 is 0. The molecule has 1 aliphatic heterocycles. The van der Waals surface area contributed by atoms with Crippen molar-refractivity contribution in [3.05, 3.63) is 0 Å². The Hall–Kier alpha value is -0.610. The second kappa shape index (κ2) is 7.63. The van der Waals surface area contributed by atoms with Crippen LogP contribution in [0.5, 0.6) is 0 Å². The number of rotatable bonds is 7. The molecule has 1 heterocycles. The van der Waals surface area contributed by atoms with Gasteiger partial charge in [0, 0.05) is 19.1 Å². The molecule has 0 aromatic carbocycles. The SMILES string of the molecule is CCCCNC(=O)CN(CC)C1CCNC1. The molecule has 1 saturated heterocycles. The van der Waals surface area contributed by atoms with Crippen LogP contribution in [-0.4, -0.2) is 49.6 Å². The molecule has 0 spiro atoms. The predicted molar refractivity (Wildman–Crippen MR) is 66.4 cm³/mol. The van der Waals surface area contributed by atoms with Gasteiger partial charge in [0.25, 0.3) is 0 Å². The molecule has 1 aliphatic rings. The van der Waals surface area contributed by atoms with E-state index in [9.17, 15) is 4.79 Å². The highest BCUT2D eigenvalue weighted by atomic mass is 16.2. The van der Waals surface area contributed by atoms with E-state index in [4.69, 9.17) is 0 Å². The Bertz CT molecular complexity index is 202. The Morgan fingerprint density at radius 3 is 2.88 bits per heavy atom. The third-order valence-corrected chi connectivity index (χ3v) is 3.16. The van der Waals surface area contributed by atoms with E-state index in [1.807, 2.05) is 0 Å². The van der Waals surface area contributed by atoms with E-state index < -0.39 is 0 Å². The molecule has 1 amide bonds. The van der Waals surface area contributed by atoms with Crippen LogP contribution in [0.4, 0.5) is 0 Å². The van der Waals surface area contributed by atoms with Gasteiger partial charge in [0.1, 0.15) is 0 Å². The summed E-state index contributed by atoms with van der Waals surface area (Å²) in [5, 5.41) is 6.31. The van der Waals surface area contributed by atoms with Crippen molar-refractivity contribution >= 4 is 5.91 Å². The Balaban J connectivity index is 2.23. The highest BCUT2D eigenvalue weighted by Crippen LogP contribution is 2.07. The number of nitrogens with zero attached hydrogens (tertiary/aromatic N) is 1. The van der Waals surface area contributed by atoms with Crippen LogP contribution in [0, 0.1) is 0 Å². The van der Waals surface area contributed by atoms with Gasteiger partial charge >= 0.3 is 0 Å². The Morgan fingerprint density at radius 1 is 1.50 bits per heavy atom. The minimum Gasteiger partial charge on any atom is -0.355 e. The molecular weight excluding hydrogens is 202 g/mol. The molecule has 0 aromatic heterocycles. The second-order valence-electron chi connectivity index (χ2n) is 4.41. The third-order valence-electron chi connectivity index (χ3n) is 3.16. The quantitative estimate of drug-likeness (QED) is 0.626. The average Bonchev–Trinajstić information content (AvgIpc) is 2.79. The average molecular weight is 227 g/mol. The van der Waals surface area contributed by atoms with E-state index in [-0.39, 0.29) is 5.91 Å². The van der Waals surface area contributed by atoms with Crippen LogP contribution in [0.15, 0.2) is 0 Å². The fourth-order valence-corrected chi connectivity index (χ4v) is 2.10. The van der Waals surface area contributed by atoms with Crippen LogP contribution in [0.3, 0.4) is 0 Å². The highest BCUT2D eigenvalue weighted by molar-refractivity contribution is 5.78. The number of carbonyl (C=O) groups excluding carboxylic acids is 1. The van der Waals surface area contributed by atoms with Gasteiger partial charge in [-0.3, -0.25) is 9.69 Å². The van der Waals surface area contributed by atoms with Crippen molar-refractivity contribution < 1.29 is 4.79 Å². The van der Waals surface area contributed by atoms with Crippen LogP contribution >= 0.6 is 0 Å². The summed E-state index contributed by atoms with van der Waals surface area (Å²) in [6.45, 7) is 8.68. The zero-order valence-electron chi connectivity index (χ0n) is 10.6. The molecule has 0 radical (unpaired) electrons. The molecule has 1 fully saturated rings. The maximum atomic E-state index is 11.7. The first kappa shape index (κ1) is 13.5. The molecular formula is C12H25N3O. The fraction of sp³-hybridized carbons (Fsp3) is 0.917. The van der Waals surface area contributed by atoms with Crippen molar-refractivity contribution in [2.24, 2.45) is 0 Å². The molecule has 4 nitrogen and oxygen atoms in total. The normalized spacial score (nSPS) is 20.3. The van der Waals surface area contributed by atoms with Crippen LogP contribution in [0.1, 0.15) is 33.1 Å². The maximum Gasteiger partial charge on any atom is 0.234 e. The summed E-state index contributed by atoms with van der Waals surface area (Å²) in [7, 11) is 0. The lowest BCUT2D eigenvalue weighted by molar-refractivity contribution is -0.122. The van der Waals surface area contributed by atoms with E-state index in [1.165, 1.54) is 0 Å². The number of carbonyl (C=O) groups is 1. The Kier molecular flexibility index (Phi) is 6.42. The first-order chi connectivity index (χ1) is 7.77. The topological polar surface area (TPSA) is 44.4 Å². The van der Waals surface area contributed by atoms with Crippen molar-refractivity contribution in [3.63, 3.8) is 0 Å². The summed E-state index contributed by atoms with van der Waals surface area (Å²) in [5.74, 6) is 0.169. The molecule has 0 bridgehead atoms. The molecule has 0 aliphatic carbocycles. The summed E-state index contributed by atoms with van der Waals surface area (Å²) in [5.41, 5.74) is 0. The molecule has 94 valence electrons. The minimum absolute atomic E-state index is 0.169. The monoisotopic (exact) mass is 227 g/mol. The number of amides is 1. The predicted octanol–water partition coefficient (Wildman–Crippen LogP) is 0.587. The Morgan fingerprint density at radius 2 is 2.31 bits per heavy atom. The zero-order valence-corrected chi connectivity index (χ0v) is 10.6. The molecule has 0 saturated carbocycles. The number of hydrogen-bond donors (Lipinski definition) is 2. The smallest absolute Gasteiger partial charge is 0.234 e. The highest BCUT2D eigenvalue weighted by Gasteiger charge is 2.22. The summed E-state index contributed by atoms with van der Waals surface area (Å²) in [4.78, 5) is 13.9. The van der Waals surface area contributed by atoms with E-state index in [1.54, 1.807) is 0 Å². The van der Waals surface area contributed by atoms with Gasteiger partial charge in [-0.05, 0) is 25.9 Å². The van der Waals surface area contributed by atoms with Crippen molar-refractivity contribution in [3.8, 4) is 0 Å². The van der Waals surface area contributed by atoms with Crippen molar-refractivity contribution in [2.45, 2.75) is 39.2 Å². The fourth-order valence-electron chi connectivity index (χ4n) is 2.10. The molecule has 0 aromatic rings.